The predicted molar refractivity (Wildman–Crippen MR) is 167 cm³/mol. The first-order chi connectivity index (χ1) is 22.4. The zero-order valence-corrected chi connectivity index (χ0v) is 26.9. The molecular formula is C34H42F4N4O5. The van der Waals surface area contributed by atoms with Crippen molar-refractivity contribution in [3.05, 3.63) is 59.2 Å². The lowest BCUT2D eigenvalue weighted by Gasteiger charge is -2.39. The van der Waals surface area contributed by atoms with Gasteiger partial charge in [-0.05, 0) is 73.9 Å². The summed E-state index contributed by atoms with van der Waals surface area (Å²) < 4.78 is 68.7. The van der Waals surface area contributed by atoms with Gasteiger partial charge in [-0.1, -0.05) is 18.2 Å². The molecule has 0 spiro atoms. The molecule has 2 atom stereocenters. The molecule has 3 aliphatic heterocycles. The maximum absolute atomic E-state index is 17.0. The highest BCUT2D eigenvalue weighted by Gasteiger charge is 2.56. The molecule has 0 radical (unpaired) electrons. The van der Waals surface area contributed by atoms with Crippen LogP contribution in [0.25, 0.3) is 0 Å². The molecule has 0 unspecified atom stereocenters. The fourth-order valence-electron chi connectivity index (χ4n) is 7.16. The highest BCUT2D eigenvalue weighted by molar-refractivity contribution is 5.89. The normalized spacial score (nSPS) is 22.7. The van der Waals surface area contributed by atoms with Crippen LogP contribution in [0.1, 0.15) is 61.1 Å². The lowest BCUT2D eigenvalue weighted by Crippen LogP contribution is -2.53. The van der Waals surface area contributed by atoms with E-state index in [-0.39, 0.29) is 44.0 Å². The molecule has 2 aromatic rings. The molecule has 0 bridgehead atoms. The van der Waals surface area contributed by atoms with Crippen LogP contribution in [0.5, 0.6) is 5.75 Å². The van der Waals surface area contributed by atoms with Gasteiger partial charge in [0.15, 0.2) is 0 Å². The second-order valence-corrected chi connectivity index (χ2v) is 12.5. The number of amides is 3. The summed E-state index contributed by atoms with van der Waals surface area (Å²) in [5.74, 6) is -1.74. The van der Waals surface area contributed by atoms with Crippen LogP contribution in [0.2, 0.25) is 0 Å². The summed E-state index contributed by atoms with van der Waals surface area (Å²) in [6, 6.07) is 10.1. The topological polar surface area (TPSA) is 91.4 Å². The Hall–Kier alpha value is -4.03. The molecule has 0 saturated carbocycles. The fraction of sp³-hybridized carbons (Fsp3) is 0.559. The van der Waals surface area contributed by atoms with E-state index in [0.29, 0.717) is 55.8 Å². The van der Waals surface area contributed by atoms with E-state index in [9.17, 15) is 27.6 Å². The lowest BCUT2D eigenvalue weighted by molar-refractivity contribution is -0.148. The minimum atomic E-state index is -4.52. The Morgan fingerprint density at radius 3 is 2.19 bits per heavy atom. The van der Waals surface area contributed by atoms with Gasteiger partial charge in [-0.3, -0.25) is 9.59 Å². The van der Waals surface area contributed by atoms with Crippen LogP contribution in [0.15, 0.2) is 42.5 Å². The Bertz CT molecular complexity index is 1440. The molecule has 1 N–H and O–H groups in total. The van der Waals surface area contributed by atoms with Crippen LogP contribution in [-0.2, 0) is 20.5 Å². The monoisotopic (exact) mass is 662 g/mol. The zero-order valence-electron chi connectivity index (χ0n) is 26.9. The van der Waals surface area contributed by atoms with Crippen molar-refractivity contribution in [2.45, 2.75) is 56.3 Å². The van der Waals surface area contributed by atoms with Gasteiger partial charge < -0.3 is 29.5 Å². The van der Waals surface area contributed by atoms with Gasteiger partial charge in [0.1, 0.15) is 5.75 Å². The molecule has 3 saturated heterocycles. The predicted octanol–water partition coefficient (Wildman–Crippen LogP) is 5.35. The van der Waals surface area contributed by atoms with E-state index >= 15 is 4.39 Å². The van der Waals surface area contributed by atoms with E-state index in [2.05, 4.69) is 5.32 Å². The Kier molecular flexibility index (Phi) is 10.2. The number of urea groups is 1. The number of esters is 1. The first-order valence-electron chi connectivity index (χ1n) is 16.1. The fourth-order valence-corrected chi connectivity index (χ4v) is 7.16. The van der Waals surface area contributed by atoms with Gasteiger partial charge in [0.25, 0.3) is 5.91 Å². The van der Waals surface area contributed by atoms with Crippen molar-refractivity contribution < 1.29 is 41.4 Å². The molecule has 0 aliphatic carbocycles. The van der Waals surface area contributed by atoms with Gasteiger partial charge in [0.05, 0.1) is 31.7 Å². The molecule has 5 rings (SSSR count). The highest BCUT2D eigenvalue weighted by Crippen LogP contribution is 2.44. The number of likely N-dealkylation sites (tertiary alicyclic amines) is 2. The Labute approximate surface area is 272 Å². The Morgan fingerprint density at radius 1 is 0.957 bits per heavy atom. The SMILES string of the molecule is CCOC(=O)C1CCN(c2cc(C(F)(F)F)ccc2C2CCN(C(=O)[C@]3(F)CN(C(=O)NC)C[C@H]3c3ccc(OC)cc3)CC2)CC1. The first-order valence-corrected chi connectivity index (χ1v) is 16.1. The maximum atomic E-state index is 17.0. The van der Waals surface area contributed by atoms with Gasteiger partial charge in [0.2, 0.25) is 5.67 Å². The smallest absolute Gasteiger partial charge is 0.416 e. The largest absolute Gasteiger partial charge is 0.497 e. The molecule has 9 nitrogen and oxygen atoms in total. The number of benzene rings is 2. The number of nitrogens with zero attached hydrogens (tertiary/aromatic N) is 3. The van der Waals surface area contributed by atoms with Crippen LogP contribution in [0, 0.1) is 5.92 Å². The summed E-state index contributed by atoms with van der Waals surface area (Å²) in [5.41, 5.74) is -1.31. The third kappa shape index (κ3) is 7.13. The van der Waals surface area contributed by atoms with E-state index in [1.54, 1.807) is 31.2 Å². The number of methoxy groups -OCH3 is 1. The summed E-state index contributed by atoms with van der Waals surface area (Å²) >= 11 is 0. The van der Waals surface area contributed by atoms with Crippen LogP contribution in [0.3, 0.4) is 0 Å². The summed E-state index contributed by atoms with van der Waals surface area (Å²) in [6.45, 7) is 2.89. The molecule has 3 aliphatic rings. The first kappa shape index (κ1) is 34.3. The number of hydrogen-bond acceptors (Lipinski definition) is 6. The number of halogens is 4. The lowest BCUT2D eigenvalue weighted by atomic mass is 9.83. The number of hydrogen-bond donors (Lipinski definition) is 1. The van der Waals surface area contributed by atoms with Crippen molar-refractivity contribution in [2.75, 3.05) is 64.9 Å². The van der Waals surface area contributed by atoms with E-state index in [0.717, 1.165) is 11.6 Å². The maximum Gasteiger partial charge on any atom is 0.416 e. The van der Waals surface area contributed by atoms with E-state index in [1.165, 1.54) is 36.1 Å². The summed E-state index contributed by atoms with van der Waals surface area (Å²) in [6.07, 6.45) is -2.70. The van der Waals surface area contributed by atoms with Crippen molar-refractivity contribution in [1.82, 2.24) is 15.1 Å². The molecular weight excluding hydrogens is 620 g/mol. The summed E-state index contributed by atoms with van der Waals surface area (Å²) in [5, 5.41) is 2.51. The van der Waals surface area contributed by atoms with Crippen molar-refractivity contribution in [1.29, 1.82) is 0 Å². The zero-order chi connectivity index (χ0) is 33.9. The molecule has 3 amide bonds. The second kappa shape index (κ2) is 14.0. The average molecular weight is 663 g/mol. The van der Waals surface area contributed by atoms with Crippen LogP contribution in [0.4, 0.5) is 28.0 Å². The third-order valence-electron chi connectivity index (χ3n) is 9.79. The van der Waals surface area contributed by atoms with Gasteiger partial charge in [-0.15, -0.1) is 0 Å². The second-order valence-electron chi connectivity index (χ2n) is 12.5. The summed E-state index contributed by atoms with van der Waals surface area (Å²) in [7, 11) is 2.97. The van der Waals surface area contributed by atoms with Gasteiger partial charge >= 0.3 is 18.2 Å². The highest BCUT2D eigenvalue weighted by atomic mass is 19.4. The van der Waals surface area contributed by atoms with Gasteiger partial charge in [0, 0.05) is 51.4 Å². The number of ether oxygens (including phenoxy) is 2. The van der Waals surface area contributed by atoms with E-state index < -0.39 is 41.8 Å². The van der Waals surface area contributed by atoms with Crippen LogP contribution >= 0.6 is 0 Å². The van der Waals surface area contributed by atoms with Crippen LogP contribution in [-0.4, -0.2) is 93.4 Å². The molecule has 3 fully saturated rings. The number of rotatable bonds is 7. The number of piperidine rings is 2. The Balaban J connectivity index is 1.33. The number of anilines is 1. The molecule has 13 heteroatoms. The van der Waals surface area contributed by atoms with E-state index in [4.69, 9.17) is 9.47 Å². The van der Waals surface area contributed by atoms with E-state index in [1.807, 2.05) is 4.90 Å². The quantitative estimate of drug-likeness (QED) is 0.318. The third-order valence-corrected chi connectivity index (χ3v) is 9.79. The minimum absolute atomic E-state index is 0.0203. The Morgan fingerprint density at radius 2 is 1.62 bits per heavy atom. The van der Waals surface area contributed by atoms with Crippen LogP contribution < -0.4 is 15.0 Å². The van der Waals surface area contributed by atoms with Crippen molar-refractivity contribution in [2.24, 2.45) is 5.92 Å². The van der Waals surface area contributed by atoms with Gasteiger partial charge in [-0.2, -0.15) is 13.2 Å². The molecule has 47 heavy (non-hydrogen) atoms. The number of carbonyl (C=O) groups is 3. The van der Waals surface area contributed by atoms with Crippen molar-refractivity contribution in [3.8, 4) is 5.75 Å². The number of alkyl halides is 4. The molecule has 3 heterocycles. The summed E-state index contributed by atoms with van der Waals surface area (Å²) in [4.78, 5) is 43.4. The standard InChI is InChI=1S/C34H42F4N4O5/c1-4-47-30(43)24-13-15-40(16-14-24)29-19-25(34(36,37)38)7-10-27(29)22-11-17-41(18-12-22)31(44)33(35)21-42(32(45)39-2)20-28(33)23-5-8-26(46-3)9-6-23/h5-10,19,22,24,28H,4,11-18,20-21H2,1-3H3,(H,39,45)/t28-,33-/m0/s1. The number of carbonyl (C=O) groups excluding carboxylic acids is 3. The minimum Gasteiger partial charge on any atom is -0.497 e. The average Bonchev–Trinajstić information content (AvgIpc) is 3.45. The number of nitrogens with one attached hydrogen (secondary N) is 1. The van der Waals surface area contributed by atoms with Crippen molar-refractivity contribution in [3.63, 3.8) is 0 Å². The van der Waals surface area contributed by atoms with Crippen molar-refractivity contribution >= 4 is 23.6 Å². The molecule has 256 valence electrons. The molecule has 2 aromatic carbocycles. The van der Waals surface area contributed by atoms with Gasteiger partial charge in [-0.25, -0.2) is 9.18 Å². The molecule has 0 aromatic heterocycles.